The largest absolute Gasteiger partial charge is 0.497 e. The van der Waals surface area contributed by atoms with E-state index in [1.54, 1.807) is 30.3 Å². The molecular formula is C20H19N3O4S2. The second-order valence-corrected chi connectivity index (χ2v) is 9.32. The van der Waals surface area contributed by atoms with Gasteiger partial charge in [0, 0.05) is 16.1 Å². The number of benzene rings is 2. The smallest absolute Gasteiger partial charge is 0.261 e. The third-order valence-electron chi connectivity index (χ3n) is 4.56. The third-order valence-corrected chi connectivity index (χ3v) is 7.03. The van der Waals surface area contributed by atoms with Gasteiger partial charge in [-0.2, -0.15) is 0 Å². The molecule has 7 nitrogen and oxygen atoms in total. The van der Waals surface area contributed by atoms with E-state index in [-0.39, 0.29) is 10.8 Å². The second kappa shape index (κ2) is 7.84. The van der Waals surface area contributed by atoms with Crippen LogP contribution in [0.1, 0.15) is 27.3 Å². The third kappa shape index (κ3) is 4.25. The highest BCUT2D eigenvalue weighted by molar-refractivity contribution is 7.92. The van der Waals surface area contributed by atoms with Crippen LogP contribution in [0.2, 0.25) is 0 Å². The number of nitrogens with one attached hydrogen (secondary N) is 2. The Bertz CT molecular complexity index is 1130. The fraction of sp³-hybridized carbons (Fsp3) is 0.200. The van der Waals surface area contributed by atoms with E-state index >= 15 is 0 Å². The van der Waals surface area contributed by atoms with Crippen molar-refractivity contribution in [3.63, 3.8) is 0 Å². The van der Waals surface area contributed by atoms with E-state index in [1.165, 1.54) is 41.5 Å². The zero-order valence-electron chi connectivity index (χ0n) is 15.6. The van der Waals surface area contributed by atoms with Crippen molar-refractivity contribution in [2.75, 3.05) is 17.1 Å². The SMILES string of the molecule is COc1ccc(S(=O)(=O)Nc2cccc(C(=O)Nc3nc4c(s3)CCC4)c2)cc1. The number of anilines is 2. The van der Waals surface area contributed by atoms with Crippen LogP contribution in [0.25, 0.3) is 0 Å². The number of ether oxygens (including phenoxy) is 1. The van der Waals surface area contributed by atoms with Gasteiger partial charge in [-0.1, -0.05) is 6.07 Å². The van der Waals surface area contributed by atoms with Gasteiger partial charge in [-0.25, -0.2) is 13.4 Å². The van der Waals surface area contributed by atoms with Gasteiger partial charge in [0.15, 0.2) is 5.13 Å². The van der Waals surface area contributed by atoms with E-state index < -0.39 is 10.0 Å². The molecule has 0 saturated heterocycles. The van der Waals surface area contributed by atoms with E-state index in [9.17, 15) is 13.2 Å². The number of thiazole rings is 1. The van der Waals surface area contributed by atoms with Crippen molar-refractivity contribution in [2.45, 2.75) is 24.2 Å². The van der Waals surface area contributed by atoms with Gasteiger partial charge in [0.2, 0.25) is 0 Å². The summed E-state index contributed by atoms with van der Waals surface area (Å²) >= 11 is 1.49. The van der Waals surface area contributed by atoms with Crippen LogP contribution in [-0.4, -0.2) is 26.4 Å². The summed E-state index contributed by atoms with van der Waals surface area (Å²) in [5.41, 5.74) is 1.71. The van der Waals surface area contributed by atoms with Crippen LogP contribution in [0.5, 0.6) is 5.75 Å². The maximum absolute atomic E-state index is 12.6. The van der Waals surface area contributed by atoms with Gasteiger partial charge in [-0.3, -0.25) is 14.8 Å². The summed E-state index contributed by atoms with van der Waals surface area (Å²) < 4.78 is 32.7. The molecule has 1 aliphatic rings. The number of hydrogen-bond acceptors (Lipinski definition) is 6. The molecular weight excluding hydrogens is 410 g/mol. The lowest BCUT2D eigenvalue weighted by atomic mass is 10.2. The molecule has 0 atom stereocenters. The van der Waals surface area contributed by atoms with Gasteiger partial charge in [0.1, 0.15) is 5.75 Å². The number of fused-ring (bicyclic) bond motifs is 1. The molecule has 0 unspecified atom stereocenters. The number of aromatic nitrogens is 1. The number of rotatable bonds is 6. The molecule has 1 aromatic heterocycles. The van der Waals surface area contributed by atoms with Crippen molar-refractivity contribution in [3.05, 3.63) is 64.7 Å². The number of methoxy groups -OCH3 is 1. The Kier molecular flexibility index (Phi) is 5.25. The summed E-state index contributed by atoms with van der Waals surface area (Å²) in [4.78, 5) is 18.3. The van der Waals surface area contributed by atoms with Crippen molar-refractivity contribution in [1.82, 2.24) is 4.98 Å². The van der Waals surface area contributed by atoms with Crippen LogP contribution in [0.4, 0.5) is 10.8 Å². The van der Waals surface area contributed by atoms with E-state index in [0.29, 0.717) is 22.1 Å². The molecule has 9 heteroatoms. The highest BCUT2D eigenvalue weighted by Crippen LogP contribution is 2.30. The minimum atomic E-state index is -3.79. The number of hydrogen-bond donors (Lipinski definition) is 2. The number of amides is 1. The number of carbonyl (C=O) groups is 1. The highest BCUT2D eigenvalue weighted by Gasteiger charge is 2.19. The van der Waals surface area contributed by atoms with Crippen molar-refractivity contribution in [1.29, 1.82) is 0 Å². The van der Waals surface area contributed by atoms with Crippen LogP contribution in [-0.2, 0) is 22.9 Å². The average molecular weight is 430 g/mol. The molecule has 29 heavy (non-hydrogen) atoms. The Morgan fingerprint density at radius 1 is 1.14 bits per heavy atom. The van der Waals surface area contributed by atoms with Gasteiger partial charge in [-0.15, -0.1) is 11.3 Å². The molecule has 4 rings (SSSR count). The first kappa shape index (κ1) is 19.4. The maximum Gasteiger partial charge on any atom is 0.261 e. The monoisotopic (exact) mass is 429 g/mol. The first-order valence-corrected chi connectivity index (χ1v) is 11.3. The van der Waals surface area contributed by atoms with Crippen molar-refractivity contribution in [2.24, 2.45) is 0 Å². The van der Waals surface area contributed by atoms with Crippen LogP contribution in [0.3, 0.4) is 0 Å². The zero-order valence-corrected chi connectivity index (χ0v) is 17.3. The standard InChI is InChI=1S/C20H19N3O4S2/c1-27-15-8-10-16(11-9-15)29(25,26)23-14-5-2-4-13(12-14)19(24)22-20-21-17-6-3-7-18(17)28-20/h2,4-5,8-12,23H,3,6-7H2,1H3,(H,21,22,24). The Balaban J connectivity index is 1.49. The van der Waals surface area contributed by atoms with Crippen LogP contribution >= 0.6 is 11.3 Å². The number of sulfonamides is 1. The Hall–Kier alpha value is -2.91. The molecule has 0 bridgehead atoms. The number of carbonyl (C=O) groups excluding carboxylic acids is 1. The minimum Gasteiger partial charge on any atom is -0.497 e. The zero-order chi connectivity index (χ0) is 20.4. The summed E-state index contributed by atoms with van der Waals surface area (Å²) in [5.74, 6) is 0.235. The molecule has 0 radical (unpaired) electrons. The summed E-state index contributed by atoms with van der Waals surface area (Å²) in [6.45, 7) is 0. The van der Waals surface area contributed by atoms with Gasteiger partial charge in [0.25, 0.3) is 15.9 Å². The lowest BCUT2D eigenvalue weighted by Gasteiger charge is -2.10. The predicted molar refractivity (Wildman–Crippen MR) is 112 cm³/mol. The molecule has 1 heterocycles. The van der Waals surface area contributed by atoms with Crippen LogP contribution < -0.4 is 14.8 Å². The highest BCUT2D eigenvalue weighted by atomic mass is 32.2. The Morgan fingerprint density at radius 2 is 1.93 bits per heavy atom. The minimum absolute atomic E-state index is 0.102. The fourth-order valence-electron chi connectivity index (χ4n) is 3.11. The molecule has 3 aromatic rings. The molecule has 0 fully saturated rings. The molecule has 2 N–H and O–H groups in total. The van der Waals surface area contributed by atoms with Crippen molar-refractivity contribution in [3.8, 4) is 5.75 Å². The molecule has 1 aliphatic carbocycles. The summed E-state index contributed by atoms with van der Waals surface area (Å²) in [5, 5.41) is 3.37. The lowest BCUT2D eigenvalue weighted by molar-refractivity contribution is 0.102. The van der Waals surface area contributed by atoms with E-state index in [1.807, 2.05) is 0 Å². The molecule has 1 amide bonds. The van der Waals surface area contributed by atoms with Gasteiger partial charge >= 0.3 is 0 Å². The first-order chi connectivity index (χ1) is 13.9. The van der Waals surface area contributed by atoms with Gasteiger partial charge in [-0.05, 0) is 61.7 Å². The molecule has 2 aromatic carbocycles. The Labute approximate surface area is 172 Å². The van der Waals surface area contributed by atoms with E-state index in [4.69, 9.17) is 4.74 Å². The van der Waals surface area contributed by atoms with Gasteiger partial charge < -0.3 is 4.74 Å². The molecule has 0 aliphatic heterocycles. The topological polar surface area (TPSA) is 97.4 Å². The van der Waals surface area contributed by atoms with Crippen molar-refractivity contribution >= 4 is 38.1 Å². The van der Waals surface area contributed by atoms with Crippen molar-refractivity contribution < 1.29 is 17.9 Å². The predicted octanol–water partition coefficient (Wildman–Crippen LogP) is 3.69. The molecule has 0 saturated carbocycles. The fourth-order valence-corrected chi connectivity index (χ4v) is 5.20. The number of aryl methyl sites for hydroxylation is 2. The summed E-state index contributed by atoms with van der Waals surface area (Å²) in [6, 6.07) is 12.4. The van der Waals surface area contributed by atoms with Gasteiger partial charge in [0.05, 0.1) is 17.7 Å². The average Bonchev–Trinajstić information content (AvgIpc) is 3.29. The van der Waals surface area contributed by atoms with Crippen LogP contribution in [0.15, 0.2) is 53.4 Å². The quantitative estimate of drug-likeness (QED) is 0.623. The maximum atomic E-state index is 12.6. The summed E-state index contributed by atoms with van der Waals surface area (Å²) in [6.07, 6.45) is 3.06. The summed E-state index contributed by atoms with van der Waals surface area (Å²) in [7, 11) is -2.27. The van der Waals surface area contributed by atoms with Crippen LogP contribution in [0, 0.1) is 0 Å². The first-order valence-electron chi connectivity index (χ1n) is 9.01. The second-order valence-electron chi connectivity index (χ2n) is 6.56. The Morgan fingerprint density at radius 3 is 2.66 bits per heavy atom. The van der Waals surface area contributed by atoms with E-state index in [0.717, 1.165) is 25.0 Å². The molecule has 150 valence electrons. The number of nitrogens with zero attached hydrogens (tertiary/aromatic N) is 1. The normalized spacial score (nSPS) is 13.0. The van der Waals surface area contributed by atoms with E-state index in [2.05, 4.69) is 15.0 Å². The lowest BCUT2D eigenvalue weighted by Crippen LogP contribution is -2.15. The molecule has 0 spiro atoms.